The van der Waals surface area contributed by atoms with Crippen molar-refractivity contribution in [2.75, 3.05) is 0 Å². The van der Waals surface area contributed by atoms with Gasteiger partial charge in [0.1, 0.15) is 11.3 Å². The maximum Gasteiger partial charge on any atom is 0.227 e. The van der Waals surface area contributed by atoms with Crippen molar-refractivity contribution in [1.82, 2.24) is 4.98 Å². The molecule has 5 heterocycles. The van der Waals surface area contributed by atoms with Gasteiger partial charge in [-0.25, -0.2) is 9.98 Å². The highest BCUT2D eigenvalue weighted by Gasteiger charge is 2.44. The Kier molecular flexibility index (Phi) is 6.44. The molecule has 0 bridgehead atoms. The van der Waals surface area contributed by atoms with Crippen molar-refractivity contribution in [2.24, 2.45) is 4.99 Å². The van der Waals surface area contributed by atoms with E-state index < -0.39 is 8.07 Å². The molecule has 5 heteroatoms. The molecule has 0 saturated heterocycles. The van der Waals surface area contributed by atoms with Gasteiger partial charge in [-0.1, -0.05) is 77.0 Å². The number of nitrogens with zero attached hydrogens (tertiary/aromatic N) is 3. The van der Waals surface area contributed by atoms with Crippen LogP contribution in [0.5, 0.6) is 0 Å². The predicted molar refractivity (Wildman–Crippen MR) is 181 cm³/mol. The number of aromatic nitrogens is 2. The van der Waals surface area contributed by atoms with Gasteiger partial charge in [-0.3, -0.25) is 0 Å². The lowest BCUT2D eigenvalue weighted by Gasteiger charge is -2.32. The number of allylic oxidation sites excluding steroid dienone is 2. The Hall–Kier alpha value is -4.09. The molecule has 0 saturated carbocycles. The first-order valence-corrected chi connectivity index (χ1v) is 19.0. The van der Waals surface area contributed by atoms with Gasteiger partial charge in [0.15, 0.2) is 6.20 Å². The third-order valence-electron chi connectivity index (χ3n) is 9.41. The molecule has 2 atom stereocenters. The highest BCUT2D eigenvalue weighted by atomic mass is 28.3. The Bertz CT molecular complexity index is 2010. The van der Waals surface area contributed by atoms with E-state index in [1.807, 2.05) is 19.1 Å². The van der Waals surface area contributed by atoms with Gasteiger partial charge >= 0.3 is 0 Å². The Morgan fingerprint density at radius 2 is 1.81 bits per heavy atom. The van der Waals surface area contributed by atoms with Crippen molar-refractivity contribution in [1.29, 1.82) is 0 Å². The molecule has 0 aliphatic carbocycles. The van der Waals surface area contributed by atoms with Crippen molar-refractivity contribution in [3.05, 3.63) is 114 Å². The molecule has 216 valence electrons. The summed E-state index contributed by atoms with van der Waals surface area (Å²) in [6.07, 6.45) is 6.20. The maximum atomic E-state index is 6.49. The average molecular weight is 583 g/mol. The minimum atomic E-state index is -1.65. The number of benzene rings is 2. The first-order valence-electron chi connectivity index (χ1n) is 15.5. The number of aryl methyl sites for hydroxylation is 2. The summed E-state index contributed by atoms with van der Waals surface area (Å²) >= 11 is 0. The minimum Gasteiger partial charge on any atom is -0.437 e. The molecule has 2 aliphatic heterocycles. The molecule has 2 unspecified atom stereocenters. The van der Waals surface area contributed by atoms with Crippen LogP contribution in [0.2, 0.25) is 19.6 Å². The predicted octanol–water partition coefficient (Wildman–Crippen LogP) is 8.69. The smallest absolute Gasteiger partial charge is 0.227 e. The van der Waals surface area contributed by atoms with E-state index in [0.29, 0.717) is 11.6 Å². The second-order valence-corrected chi connectivity index (χ2v) is 18.6. The van der Waals surface area contributed by atoms with Crippen LogP contribution in [-0.4, -0.2) is 18.8 Å². The minimum absolute atomic E-state index is 0.000884. The molecule has 7 rings (SSSR count). The molecule has 43 heavy (non-hydrogen) atoms. The van der Waals surface area contributed by atoms with E-state index in [4.69, 9.17) is 14.4 Å². The van der Waals surface area contributed by atoms with E-state index in [9.17, 15) is 0 Å². The van der Waals surface area contributed by atoms with Gasteiger partial charge in [0.2, 0.25) is 17.4 Å². The molecule has 2 aliphatic rings. The number of pyridine rings is 2. The van der Waals surface area contributed by atoms with E-state index in [-0.39, 0.29) is 12.0 Å². The van der Waals surface area contributed by atoms with Gasteiger partial charge in [-0.15, -0.1) is 0 Å². The van der Waals surface area contributed by atoms with Crippen LogP contribution >= 0.6 is 0 Å². The lowest BCUT2D eigenvalue weighted by molar-refractivity contribution is -0.708. The zero-order valence-electron chi connectivity index (χ0n) is 26.2. The monoisotopic (exact) mass is 582 g/mol. The SMILES string of the molecule is C=CC1=NC(=C)C2C(CCc3ccc4c(oc5nc(C)ccc54)c31)c1ccccc1-c1cc(C(C)C)c([Si](C)(C)C)c[n+]12. The van der Waals surface area contributed by atoms with Gasteiger partial charge in [-0.2, -0.15) is 4.57 Å². The quantitative estimate of drug-likeness (QED) is 0.158. The maximum absolute atomic E-state index is 6.49. The Morgan fingerprint density at radius 3 is 2.56 bits per heavy atom. The van der Waals surface area contributed by atoms with Crippen LogP contribution in [0.1, 0.15) is 66.1 Å². The van der Waals surface area contributed by atoms with E-state index in [1.165, 1.54) is 33.1 Å². The molecule has 0 radical (unpaired) electrons. The van der Waals surface area contributed by atoms with Gasteiger partial charge in [-0.05, 0) is 66.6 Å². The molecule has 2 aromatic carbocycles. The molecule has 0 N–H and O–H groups in total. The Balaban J connectivity index is 1.49. The largest absolute Gasteiger partial charge is 0.437 e. The van der Waals surface area contributed by atoms with Crippen LogP contribution in [0.3, 0.4) is 0 Å². The fraction of sp³-hybridized carbons (Fsp3) is 0.289. The normalized spacial score (nSPS) is 18.3. The summed E-state index contributed by atoms with van der Waals surface area (Å²) in [6, 6.07) is 20.0. The topological polar surface area (TPSA) is 42.3 Å². The molecule has 5 aromatic rings. The number of rotatable bonds is 3. The van der Waals surface area contributed by atoms with Gasteiger partial charge < -0.3 is 4.42 Å². The molecule has 4 nitrogen and oxygen atoms in total. The van der Waals surface area contributed by atoms with Crippen LogP contribution < -0.4 is 9.75 Å². The van der Waals surface area contributed by atoms with Crippen LogP contribution in [0.25, 0.3) is 33.3 Å². The fourth-order valence-electron chi connectivity index (χ4n) is 7.34. The Labute approximate surface area is 255 Å². The third kappa shape index (κ3) is 4.36. The molecule has 0 fully saturated rings. The van der Waals surface area contributed by atoms with Crippen LogP contribution in [0.4, 0.5) is 0 Å². The van der Waals surface area contributed by atoms with Crippen LogP contribution in [0, 0.1) is 6.92 Å². The highest BCUT2D eigenvalue weighted by Crippen LogP contribution is 2.45. The fourth-order valence-corrected chi connectivity index (χ4v) is 9.09. The van der Waals surface area contributed by atoms with Crippen LogP contribution in [0.15, 0.2) is 95.1 Å². The van der Waals surface area contributed by atoms with E-state index in [1.54, 1.807) is 0 Å². The van der Waals surface area contributed by atoms with Crippen molar-refractivity contribution in [3.63, 3.8) is 0 Å². The summed E-state index contributed by atoms with van der Waals surface area (Å²) in [6.45, 7) is 22.9. The summed E-state index contributed by atoms with van der Waals surface area (Å²) in [5.74, 6) is 0.683. The Morgan fingerprint density at radius 1 is 1.05 bits per heavy atom. The summed E-state index contributed by atoms with van der Waals surface area (Å²) in [5.41, 5.74) is 11.8. The van der Waals surface area contributed by atoms with Crippen molar-refractivity contribution in [3.8, 4) is 11.3 Å². The zero-order chi connectivity index (χ0) is 30.2. The van der Waals surface area contributed by atoms with Gasteiger partial charge in [0.05, 0.1) is 19.7 Å². The third-order valence-corrected chi connectivity index (χ3v) is 11.4. The summed E-state index contributed by atoms with van der Waals surface area (Å²) in [5, 5.41) is 3.60. The van der Waals surface area contributed by atoms with E-state index in [0.717, 1.165) is 51.9 Å². The van der Waals surface area contributed by atoms with Crippen molar-refractivity contribution >= 4 is 41.0 Å². The van der Waals surface area contributed by atoms with Crippen molar-refractivity contribution < 1.29 is 8.98 Å². The number of fused-ring (bicyclic) bond motifs is 11. The number of aliphatic imine (C=N–C) groups is 1. The number of furan rings is 1. The number of hydrogen-bond donors (Lipinski definition) is 0. The molecule has 3 aromatic heterocycles. The average Bonchev–Trinajstić information content (AvgIpc) is 3.36. The van der Waals surface area contributed by atoms with E-state index in [2.05, 4.69) is 106 Å². The van der Waals surface area contributed by atoms with Gasteiger partial charge in [0.25, 0.3) is 0 Å². The first-order chi connectivity index (χ1) is 20.6. The first kappa shape index (κ1) is 27.7. The second-order valence-electron chi connectivity index (χ2n) is 13.6. The van der Waals surface area contributed by atoms with Crippen LogP contribution in [-0.2, 0) is 6.42 Å². The van der Waals surface area contributed by atoms with Gasteiger partial charge in [0, 0.05) is 38.8 Å². The second kappa shape index (κ2) is 9.99. The molecule has 0 spiro atoms. The van der Waals surface area contributed by atoms with E-state index >= 15 is 0 Å². The highest BCUT2D eigenvalue weighted by molar-refractivity contribution is 6.89. The summed E-state index contributed by atoms with van der Waals surface area (Å²) < 4.78 is 9.00. The summed E-state index contributed by atoms with van der Waals surface area (Å²) in [7, 11) is -1.65. The molecular weight excluding hydrogens is 543 g/mol. The lowest BCUT2D eigenvalue weighted by Crippen LogP contribution is -2.54. The lowest BCUT2D eigenvalue weighted by atomic mass is 9.78. The summed E-state index contributed by atoms with van der Waals surface area (Å²) in [4.78, 5) is 10.0. The standard InChI is InChI=1S/C38H40N3OSi/c1-9-32-35-25(16-19-29-30-17-14-23(4)39-38(30)42-37(29)35)15-18-28-26-12-10-11-13-27(26)33-20-31(22(2)3)34(43(6,7)8)21-41(33)36(28)24(5)40-32/h9-14,16-17,19-22,28,36H,1,5,15,18H2,2-4,6-8H3/q+1. The van der Waals surface area contributed by atoms with Crippen molar-refractivity contribution in [2.45, 2.75) is 71.1 Å². The number of hydrogen-bond acceptors (Lipinski definition) is 3. The zero-order valence-corrected chi connectivity index (χ0v) is 27.2. The molecule has 0 amide bonds. The molecular formula is C38H40N3OSi+.